The summed E-state index contributed by atoms with van der Waals surface area (Å²) in [5.41, 5.74) is 4.99. The summed E-state index contributed by atoms with van der Waals surface area (Å²) in [4.78, 5) is 56.6. The molecule has 17 nitrogen and oxygen atoms in total. The molecule has 158 valence electrons. The zero-order valence-corrected chi connectivity index (χ0v) is 16.2. The Morgan fingerprint density at radius 2 is 1.79 bits per heavy atom. The van der Waals surface area contributed by atoms with Crippen LogP contribution in [0.4, 0.5) is 5.95 Å². The largest absolute Gasteiger partial charge is 0.490 e. The normalized spacial score (nSPS) is 16.7. The van der Waals surface area contributed by atoms with Gasteiger partial charge in [0.25, 0.3) is 5.56 Å². The highest BCUT2D eigenvalue weighted by atomic mass is 31.3. The van der Waals surface area contributed by atoms with Crippen LogP contribution in [0.25, 0.3) is 11.2 Å². The molecule has 2 rings (SSSR count). The SMILES string of the molecule is Nc1nc2c(ncn2COCCOP(=O)(O)OP(=O)(O)OP(=O)(O)O)c(=O)[nH]1. The molecule has 0 aliphatic heterocycles. The van der Waals surface area contributed by atoms with Crippen molar-refractivity contribution in [2.45, 2.75) is 6.73 Å². The third-order valence-corrected chi connectivity index (χ3v) is 6.46. The number of H-pyrrole nitrogens is 1. The Balaban J connectivity index is 1.84. The van der Waals surface area contributed by atoms with E-state index in [1.165, 1.54) is 10.9 Å². The maximum Gasteiger partial charge on any atom is 0.490 e. The van der Waals surface area contributed by atoms with Gasteiger partial charge in [-0.15, -0.1) is 0 Å². The molecular formula is C8H14N5O12P3. The highest BCUT2D eigenvalue weighted by molar-refractivity contribution is 7.66. The summed E-state index contributed by atoms with van der Waals surface area (Å²) < 4.78 is 50.9. The Bertz CT molecular complexity index is 1040. The number of rotatable bonds is 10. The number of nitrogens with one attached hydrogen (secondary N) is 1. The molecule has 0 fully saturated rings. The van der Waals surface area contributed by atoms with Gasteiger partial charge in [-0.25, -0.2) is 18.7 Å². The topological polar surface area (TPSA) is 259 Å². The number of fused-ring (bicyclic) bond motifs is 1. The monoisotopic (exact) mass is 465 g/mol. The van der Waals surface area contributed by atoms with Gasteiger partial charge < -0.3 is 30.0 Å². The summed E-state index contributed by atoms with van der Waals surface area (Å²) >= 11 is 0. The van der Waals surface area contributed by atoms with E-state index in [0.717, 1.165) is 0 Å². The van der Waals surface area contributed by atoms with Crippen molar-refractivity contribution in [3.63, 3.8) is 0 Å². The van der Waals surface area contributed by atoms with E-state index in [1.54, 1.807) is 0 Å². The quantitative estimate of drug-likeness (QED) is 0.182. The van der Waals surface area contributed by atoms with E-state index in [1.807, 2.05) is 0 Å². The van der Waals surface area contributed by atoms with Gasteiger partial charge in [0, 0.05) is 0 Å². The van der Waals surface area contributed by atoms with Crippen LogP contribution in [0.2, 0.25) is 0 Å². The molecule has 0 spiro atoms. The van der Waals surface area contributed by atoms with E-state index in [2.05, 4.69) is 28.1 Å². The molecule has 2 unspecified atom stereocenters. The number of imidazole rings is 1. The molecule has 20 heteroatoms. The second kappa shape index (κ2) is 8.49. The number of nitrogen functional groups attached to an aromatic ring is 1. The molecule has 0 bridgehead atoms. The number of anilines is 1. The number of hydrogen-bond donors (Lipinski definition) is 6. The van der Waals surface area contributed by atoms with E-state index in [0.29, 0.717) is 0 Å². The first-order valence-electron chi connectivity index (χ1n) is 6.85. The lowest BCUT2D eigenvalue weighted by Crippen LogP contribution is -2.13. The molecule has 28 heavy (non-hydrogen) atoms. The predicted molar refractivity (Wildman–Crippen MR) is 88.3 cm³/mol. The van der Waals surface area contributed by atoms with E-state index in [-0.39, 0.29) is 30.4 Å². The minimum absolute atomic E-state index is 0.00561. The van der Waals surface area contributed by atoms with Crippen LogP contribution >= 0.6 is 23.5 Å². The molecule has 2 aromatic rings. The summed E-state index contributed by atoms with van der Waals surface area (Å²) in [5, 5.41) is 0. The number of phosphoric ester groups is 1. The first-order chi connectivity index (χ1) is 12.8. The Morgan fingerprint density at radius 1 is 1.11 bits per heavy atom. The second-order valence-electron chi connectivity index (χ2n) is 4.80. The zero-order valence-electron chi connectivity index (χ0n) is 13.5. The lowest BCUT2D eigenvalue weighted by molar-refractivity contribution is 0.0471. The van der Waals surface area contributed by atoms with Crippen molar-refractivity contribution in [1.82, 2.24) is 19.5 Å². The maximum atomic E-state index is 11.6. The van der Waals surface area contributed by atoms with Gasteiger partial charge in [-0.1, -0.05) is 0 Å². The first kappa shape index (κ1) is 22.8. The lowest BCUT2D eigenvalue weighted by atomic mass is 10.5. The average molecular weight is 465 g/mol. The highest BCUT2D eigenvalue weighted by Gasteiger charge is 2.40. The molecule has 0 aliphatic carbocycles. The van der Waals surface area contributed by atoms with Crippen LogP contribution in [-0.4, -0.2) is 52.3 Å². The van der Waals surface area contributed by atoms with Crippen LogP contribution in [0, 0.1) is 0 Å². The third kappa shape index (κ3) is 6.84. The van der Waals surface area contributed by atoms with Crippen molar-refractivity contribution in [3.8, 4) is 0 Å². The van der Waals surface area contributed by atoms with Gasteiger partial charge >= 0.3 is 23.5 Å². The molecule has 0 saturated carbocycles. The molecular weight excluding hydrogens is 451 g/mol. The predicted octanol–water partition coefficient (Wildman–Crippen LogP) is -0.981. The number of phosphoric acid groups is 3. The number of nitrogens with two attached hydrogens (primary N) is 1. The van der Waals surface area contributed by atoms with Gasteiger partial charge in [-0.05, 0) is 0 Å². The average Bonchev–Trinajstić information content (AvgIpc) is 2.86. The molecule has 0 radical (unpaired) electrons. The van der Waals surface area contributed by atoms with Gasteiger partial charge in [0.15, 0.2) is 11.2 Å². The first-order valence-corrected chi connectivity index (χ1v) is 11.4. The van der Waals surface area contributed by atoms with Crippen LogP contribution in [0.3, 0.4) is 0 Å². The number of ether oxygens (including phenoxy) is 1. The van der Waals surface area contributed by atoms with Crippen LogP contribution in [-0.2, 0) is 38.3 Å². The van der Waals surface area contributed by atoms with Crippen LogP contribution < -0.4 is 11.3 Å². The number of aromatic amines is 1. The molecule has 0 amide bonds. The van der Waals surface area contributed by atoms with Crippen LogP contribution in [0.15, 0.2) is 11.1 Å². The van der Waals surface area contributed by atoms with E-state index >= 15 is 0 Å². The molecule has 2 heterocycles. The number of hydrogen-bond acceptors (Lipinski definition) is 11. The van der Waals surface area contributed by atoms with Gasteiger partial charge in [-0.2, -0.15) is 13.6 Å². The minimum atomic E-state index is -5.57. The second-order valence-corrected chi connectivity index (χ2v) is 9.22. The van der Waals surface area contributed by atoms with Gasteiger partial charge in [-0.3, -0.25) is 18.9 Å². The van der Waals surface area contributed by atoms with Crippen molar-refractivity contribution < 1.29 is 51.2 Å². The van der Waals surface area contributed by atoms with Crippen molar-refractivity contribution in [2.24, 2.45) is 0 Å². The smallest absolute Gasteiger partial charge is 0.369 e. The summed E-state index contributed by atoms with van der Waals surface area (Å²) in [6.07, 6.45) is 1.23. The van der Waals surface area contributed by atoms with Crippen LogP contribution in [0.1, 0.15) is 0 Å². The summed E-state index contributed by atoms with van der Waals surface area (Å²) in [5.74, 6) is -0.146. The number of aromatic nitrogens is 4. The van der Waals surface area contributed by atoms with Crippen molar-refractivity contribution in [3.05, 3.63) is 16.7 Å². The standard InChI is InChI=1S/C8H14N5O12P3/c9-8-11-6-5(7(14)12-8)10-3-13(6)4-22-1-2-23-27(18,19)25-28(20,21)24-26(15,16)17/h3H,1-2,4H2,(H,18,19)(H,20,21)(H2,15,16,17)(H3,9,11,12,14). The van der Waals surface area contributed by atoms with E-state index < -0.39 is 35.6 Å². The van der Waals surface area contributed by atoms with Gasteiger partial charge in [0.2, 0.25) is 5.95 Å². The van der Waals surface area contributed by atoms with Crippen LogP contribution in [0.5, 0.6) is 0 Å². The molecule has 7 N–H and O–H groups in total. The van der Waals surface area contributed by atoms with Crippen molar-refractivity contribution in [1.29, 1.82) is 0 Å². The molecule has 0 saturated heterocycles. The molecule has 0 aromatic carbocycles. The van der Waals surface area contributed by atoms with Crippen molar-refractivity contribution in [2.75, 3.05) is 18.9 Å². The fourth-order valence-electron chi connectivity index (χ4n) is 1.74. The number of nitrogens with zero attached hydrogens (tertiary/aromatic N) is 3. The Labute approximate surface area is 154 Å². The maximum absolute atomic E-state index is 11.6. The summed E-state index contributed by atoms with van der Waals surface area (Å²) in [6.45, 7) is -1.19. The Hall–Kier alpha value is -1.48. The molecule has 2 aromatic heterocycles. The minimum Gasteiger partial charge on any atom is -0.369 e. The lowest BCUT2D eigenvalue weighted by Gasteiger charge is -2.16. The van der Waals surface area contributed by atoms with Gasteiger partial charge in [0.05, 0.1) is 19.5 Å². The molecule has 2 atom stereocenters. The summed E-state index contributed by atoms with van der Waals surface area (Å²) in [7, 11) is -16.2. The van der Waals surface area contributed by atoms with Gasteiger partial charge in [0.1, 0.15) is 6.73 Å². The third-order valence-electron chi connectivity index (χ3n) is 2.62. The fourth-order valence-corrected chi connectivity index (χ4v) is 4.74. The highest BCUT2D eigenvalue weighted by Crippen LogP contribution is 2.66. The van der Waals surface area contributed by atoms with Crippen molar-refractivity contribution >= 4 is 40.6 Å². The zero-order chi connectivity index (χ0) is 21.2. The molecule has 0 aliphatic rings. The Kier molecular flexibility index (Phi) is 6.91. The fraction of sp³-hybridized carbons (Fsp3) is 0.375. The van der Waals surface area contributed by atoms with E-state index in [4.69, 9.17) is 25.2 Å². The Morgan fingerprint density at radius 3 is 2.43 bits per heavy atom. The van der Waals surface area contributed by atoms with E-state index in [9.17, 15) is 23.4 Å². The summed E-state index contributed by atoms with van der Waals surface area (Å²) in [6, 6.07) is 0.